The van der Waals surface area contributed by atoms with Crippen LogP contribution < -0.4 is 0 Å². The van der Waals surface area contributed by atoms with Gasteiger partial charge in [-0.25, -0.2) is 9.97 Å². The van der Waals surface area contributed by atoms with Gasteiger partial charge in [0, 0.05) is 16.7 Å². The Bertz CT molecular complexity index is 3670. The third-order valence-electron chi connectivity index (χ3n) is 13.7. The van der Waals surface area contributed by atoms with Crippen LogP contribution in [-0.2, 0) is 5.41 Å². The molecular formula is C63H40N2. The van der Waals surface area contributed by atoms with Gasteiger partial charge in [-0.2, -0.15) is 0 Å². The fraction of sp³-hybridized carbons (Fsp3) is 0.0159. The summed E-state index contributed by atoms with van der Waals surface area (Å²) >= 11 is 0. The van der Waals surface area contributed by atoms with E-state index >= 15 is 0 Å². The van der Waals surface area contributed by atoms with Gasteiger partial charge in [-0.15, -0.1) is 0 Å². The van der Waals surface area contributed by atoms with Crippen molar-refractivity contribution in [2.75, 3.05) is 0 Å². The normalized spacial score (nSPS) is 12.7. The minimum absolute atomic E-state index is 0.571. The number of nitrogens with zero attached hydrogens (tertiary/aromatic N) is 2. The monoisotopic (exact) mass is 824 g/mol. The second-order valence-corrected chi connectivity index (χ2v) is 17.2. The topological polar surface area (TPSA) is 25.8 Å². The number of hydrogen-bond donors (Lipinski definition) is 0. The minimum atomic E-state index is -0.571. The highest BCUT2D eigenvalue weighted by Crippen LogP contribution is 2.57. The summed E-state index contributed by atoms with van der Waals surface area (Å²) in [6.45, 7) is 0. The zero-order valence-corrected chi connectivity index (χ0v) is 35.5. The van der Waals surface area contributed by atoms with Crippen molar-refractivity contribution in [1.82, 2.24) is 9.97 Å². The molecule has 0 saturated heterocycles. The molecule has 0 atom stereocenters. The van der Waals surface area contributed by atoms with Gasteiger partial charge < -0.3 is 0 Å². The van der Waals surface area contributed by atoms with Gasteiger partial charge in [0.1, 0.15) is 0 Å². The van der Waals surface area contributed by atoms with Crippen LogP contribution in [0.2, 0.25) is 0 Å². The zero-order chi connectivity index (χ0) is 42.9. The van der Waals surface area contributed by atoms with E-state index in [0.29, 0.717) is 5.82 Å². The number of aromatic nitrogens is 2. The molecule has 1 aliphatic carbocycles. The Morgan fingerprint density at radius 1 is 0.277 bits per heavy atom. The predicted octanol–water partition coefficient (Wildman–Crippen LogP) is 16.1. The van der Waals surface area contributed by atoms with Crippen LogP contribution in [0, 0.1) is 0 Å². The molecule has 0 amide bonds. The van der Waals surface area contributed by atoms with Crippen LogP contribution >= 0.6 is 0 Å². The van der Waals surface area contributed by atoms with E-state index in [1.807, 2.05) is 6.07 Å². The summed E-state index contributed by atoms with van der Waals surface area (Å²) in [5.74, 6) is 0.701. The molecule has 1 heterocycles. The molecule has 0 aliphatic heterocycles. The van der Waals surface area contributed by atoms with E-state index in [1.165, 1.54) is 88.0 Å². The second-order valence-electron chi connectivity index (χ2n) is 17.2. The summed E-state index contributed by atoms with van der Waals surface area (Å²) in [4.78, 5) is 10.5. The highest BCUT2D eigenvalue weighted by atomic mass is 14.9. The Kier molecular flexibility index (Phi) is 8.47. The van der Waals surface area contributed by atoms with E-state index in [0.717, 1.165) is 28.1 Å². The molecule has 0 saturated carbocycles. The second kappa shape index (κ2) is 14.8. The Balaban J connectivity index is 1.02. The van der Waals surface area contributed by atoms with Crippen molar-refractivity contribution in [3.8, 4) is 67.3 Å². The predicted molar refractivity (Wildman–Crippen MR) is 270 cm³/mol. The van der Waals surface area contributed by atoms with Crippen molar-refractivity contribution < 1.29 is 0 Å². The molecule has 65 heavy (non-hydrogen) atoms. The molecule has 1 aliphatic rings. The smallest absolute Gasteiger partial charge is 0.160 e. The van der Waals surface area contributed by atoms with E-state index in [2.05, 4.69) is 237 Å². The first-order valence-electron chi connectivity index (χ1n) is 22.4. The van der Waals surface area contributed by atoms with Crippen LogP contribution in [0.3, 0.4) is 0 Å². The fourth-order valence-corrected chi connectivity index (χ4v) is 10.7. The Morgan fingerprint density at radius 2 is 0.785 bits per heavy atom. The summed E-state index contributed by atoms with van der Waals surface area (Å²) < 4.78 is 0. The highest BCUT2D eigenvalue weighted by Gasteiger charge is 2.46. The van der Waals surface area contributed by atoms with Gasteiger partial charge in [-0.3, -0.25) is 0 Å². The lowest BCUT2D eigenvalue weighted by atomic mass is 9.67. The maximum atomic E-state index is 5.31. The Morgan fingerprint density at radius 3 is 1.46 bits per heavy atom. The first kappa shape index (κ1) is 37.1. The average Bonchev–Trinajstić information content (AvgIpc) is 3.68. The minimum Gasteiger partial charge on any atom is -0.228 e. The molecule has 0 fully saturated rings. The van der Waals surface area contributed by atoms with E-state index in [4.69, 9.17) is 9.97 Å². The molecule has 302 valence electrons. The van der Waals surface area contributed by atoms with E-state index in [1.54, 1.807) is 0 Å². The maximum absolute atomic E-state index is 5.31. The molecule has 1 aromatic heterocycles. The molecule has 11 aromatic carbocycles. The van der Waals surface area contributed by atoms with Gasteiger partial charge in [-0.1, -0.05) is 224 Å². The lowest BCUT2D eigenvalue weighted by molar-refractivity contribution is 0.769. The third-order valence-corrected chi connectivity index (χ3v) is 13.7. The van der Waals surface area contributed by atoms with Crippen LogP contribution in [0.1, 0.15) is 22.3 Å². The lowest BCUT2D eigenvalue weighted by Crippen LogP contribution is -2.28. The first-order valence-corrected chi connectivity index (χ1v) is 22.4. The Hall–Kier alpha value is -8.46. The maximum Gasteiger partial charge on any atom is 0.160 e. The van der Waals surface area contributed by atoms with Crippen LogP contribution in [0.25, 0.3) is 99.6 Å². The van der Waals surface area contributed by atoms with Crippen LogP contribution in [0.4, 0.5) is 0 Å². The highest BCUT2D eigenvalue weighted by molar-refractivity contribution is 6.25. The molecular weight excluding hydrogens is 785 g/mol. The van der Waals surface area contributed by atoms with Crippen molar-refractivity contribution in [2.24, 2.45) is 0 Å². The summed E-state index contributed by atoms with van der Waals surface area (Å²) in [7, 11) is 0. The largest absolute Gasteiger partial charge is 0.228 e. The van der Waals surface area contributed by atoms with E-state index in [9.17, 15) is 0 Å². The first-order chi connectivity index (χ1) is 32.2. The standard InChI is InChI=1S/C63H40N2/c1-5-14-41(15-6-1)42-24-26-43(27-25-42)58-40-59(65-62(64-58)47-16-7-2-8-17-47)49-33-37-56-55(38-49)53-35-32-48(39-57(53)63(56,50-20-9-3-10-21-50)51-22-11-4-12-23-51)52-34-30-46-29-28-44-18-13-19-45-31-36-54(52)61(46)60(44)45/h1-40H. The molecule has 2 nitrogen and oxygen atoms in total. The zero-order valence-electron chi connectivity index (χ0n) is 35.5. The van der Waals surface area contributed by atoms with Gasteiger partial charge in [0.15, 0.2) is 5.82 Å². The number of hydrogen-bond acceptors (Lipinski definition) is 2. The van der Waals surface area contributed by atoms with Gasteiger partial charge in [-0.05, 0) is 106 Å². The number of benzene rings is 11. The molecule has 0 bridgehead atoms. The van der Waals surface area contributed by atoms with Crippen molar-refractivity contribution in [1.29, 1.82) is 0 Å². The number of rotatable bonds is 7. The van der Waals surface area contributed by atoms with Crippen LogP contribution in [-0.4, -0.2) is 9.97 Å². The molecule has 0 spiro atoms. The van der Waals surface area contributed by atoms with E-state index in [-0.39, 0.29) is 0 Å². The quantitative estimate of drug-likeness (QED) is 0.150. The van der Waals surface area contributed by atoms with Gasteiger partial charge >= 0.3 is 0 Å². The summed E-state index contributed by atoms with van der Waals surface area (Å²) in [5.41, 5.74) is 16.5. The molecule has 12 aromatic rings. The summed E-state index contributed by atoms with van der Waals surface area (Å²) in [6, 6.07) is 88.4. The molecule has 0 N–H and O–H groups in total. The SMILES string of the molecule is c1ccc(-c2ccc(-c3cc(-c4ccc5c(c4)-c4ccc(-c6ccc7ccc8cccc9ccc6c7c89)cc4C5(c4ccccc4)c4ccccc4)nc(-c4ccccc4)n3)cc2)cc1. The molecule has 0 unspecified atom stereocenters. The molecule has 13 rings (SSSR count). The van der Waals surface area contributed by atoms with E-state index < -0.39 is 5.41 Å². The lowest BCUT2D eigenvalue weighted by Gasteiger charge is -2.34. The van der Waals surface area contributed by atoms with Gasteiger partial charge in [0.25, 0.3) is 0 Å². The van der Waals surface area contributed by atoms with Crippen molar-refractivity contribution in [3.05, 3.63) is 265 Å². The van der Waals surface area contributed by atoms with Crippen molar-refractivity contribution >= 4 is 32.3 Å². The fourth-order valence-electron chi connectivity index (χ4n) is 10.7. The number of fused-ring (bicyclic) bond motifs is 3. The summed E-state index contributed by atoms with van der Waals surface area (Å²) in [6.07, 6.45) is 0. The third kappa shape index (κ3) is 5.88. The van der Waals surface area contributed by atoms with Crippen LogP contribution in [0.5, 0.6) is 0 Å². The van der Waals surface area contributed by atoms with Crippen LogP contribution in [0.15, 0.2) is 243 Å². The average molecular weight is 825 g/mol. The van der Waals surface area contributed by atoms with Gasteiger partial charge in [0.2, 0.25) is 0 Å². The van der Waals surface area contributed by atoms with Gasteiger partial charge in [0.05, 0.1) is 16.8 Å². The molecule has 0 radical (unpaired) electrons. The van der Waals surface area contributed by atoms with Crippen molar-refractivity contribution in [2.45, 2.75) is 5.41 Å². The molecule has 2 heteroatoms. The summed E-state index contributed by atoms with van der Waals surface area (Å²) in [5, 5.41) is 7.76. The Labute approximate surface area is 378 Å². The van der Waals surface area contributed by atoms with Crippen molar-refractivity contribution in [3.63, 3.8) is 0 Å².